The van der Waals surface area contributed by atoms with Crippen molar-refractivity contribution in [3.8, 4) is 0 Å². The fraction of sp³-hybridized carbons (Fsp3) is 0.412. The number of rotatable bonds is 6. The van der Waals surface area contributed by atoms with Gasteiger partial charge in [-0.2, -0.15) is 0 Å². The van der Waals surface area contributed by atoms with E-state index in [9.17, 15) is 9.59 Å². The van der Waals surface area contributed by atoms with E-state index in [1.165, 1.54) is 0 Å². The normalized spacial score (nSPS) is 12.2. The van der Waals surface area contributed by atoms with E-state index in [0.717, 1.165) is 16.7 Å². The molecule has 0 bridgehead atoms. The zero-order valence-corrected chi connectivity index (χ0v) is 14.4. The second-order valence-electron chi connectivity index (χ2n) is 7.03. The molecule has 0 saturated heterocycles. The molecule has 2 rings (SSSR count). The summed E-state index contributed by atoms with van der Waals surface area (Å²) in [5.74, 6) is -0.876. The summed E-state index contributed by atoms with van der Waals surface area (Å²) in [4.78, 5) is 23.7. The van der Waals surface area contributed by atoms with Gasteiger partial charge < -0.3 is 16.0 Å². The number of hydrogen-bond donors (Lipinski definition) is 2. The predicted molar refractivity (Wildman–Crippen MR) is 90.0 cm³/mol. The first-order valence-corrected chi connectivity index (χ1v) is 7.62. The van der Waals surface area contributed by atoms with Crippen LogP contribution in [0, 0.1) is 0 Å². The Morgan fingerprint density at radius 3 is 1.71 bits per heavy atom. The third-order valence-corrected chi connectivity index (χ3v) is 4.50. The van der Waals surface area contributed by atoms with Crippen molar-refractivity contribution in [2.45, 2.75) is 45.1 Å². The molecule has 0 fully saturated rings. The average molecular weight is 329 g/mol. The Balaban J connectivity index is 2.59. The van der Waals surface area contributed by atoms with Crippen molar-refractivity contribution in [2.75, 3.05) is 0 Å². The zero-order valence-electron chi connectivity index (χ0n) is 14.4. The largest absolute Gasteiger partial charge is 0.369 e. The molecule has 1 aromatic heterocycles. The first kappa shape index (κ1) is 17.7. The SMILES string of the molecule is CC(C)(C(N)=O)c1cc(Cn2cnnc2)cc(C(C)(C)C(N)=O)c1. The van der Waals surface area contributed by atoms with E-state index in [-0.39, 0.29) is 0 Å². The summed E-state index contributed by atoms with van der Waals surface area (Å²) < 4.78 is 1.80. The molecule has 7 nitrogen and oxygen atoms in total. The number of benzene rings is 1. The third-order valence-electron chi connectivity index (χ3n) is 4.50. The van der Waals surface area contributed by atoms with Gasteiger partial charge in [0.25, 0.3) is 0 Å². The van der Waals surface area contributed by atoms with Crippen LogP contribution in [0.1, 0.15) is 44.4 Å². The van der Waals surface area contributed by atoms with Gasteiger partial charge in [-0.3, -0.25) is 9.59 Å². The van der Waals surface area contributed by atoms with E-state index in [1.807, 2.05) is 18.2 Å². The van der Waals surface area contributed by atoms with Gasteiger partial charge in [-0.05, 0) is 44.4 Å². The van der Waals surface area contributed by atoms with Gasteiger partial charge in [-0.25, -0.2) is 0 Å². The fourth-order valence-corrected chi connectivity index (χ4v) is 2.30. The Morgan fingerprint density at radius 2 is 1.33 bits per heavy atom. The van der Waals surface area contributed by atoms with Crippen LogP contribution in [0.2, 0.25) is 0 Å². The maximum atomic E-state index is 11.9. The Kier molecular flexibility index (Phi) is 4.46. The van der Waals surface area contributed by atoms with Crippen molar-refractivity contribution in [1.29, 1.82) is 0 Å². The second kappa shape index (κ2) is 6.07. The fourth-order valence-electron chi connectivity index (χ4n) is 2.30. The van der Waals surface area contributed by atoms with Gasteiger partial charge in [-0.15, -0.1) is 10.2 Å². The molecule has 0 aliphatic heterocycles. The molecule has 0 spiro atoms. The highest BCUT2D eigenvalue weighted by Gasteiger charge is 2.32. The summed E-state index contributed by atoms with van der Waals surface area (Å²) in [5.41, 5.74) is 11.8. The second-order valence-corrected chi connectivity index (χ2v) is 7.03. The first-order valence-electron chi connectivity index (χ1n) is 7.62. The lowest BCUT2D eigenvalue weighted by Crippen LogP contribution is -2.38. The molecule has 128 valence electrons. The van der Waals surface area contributed by atoms with Crippen LogP contribution in [0.4, 0.5) is 0 Å². The molecule has 0 atom stereocenters. The molecule has 2 aromatic rings. The van der Waals surface area contributed by atoms with Crippen LogP contribution in [0.3, 0.4) is 0 Å². The van der Waals surface area contributed by atoms with Crippen molar-refractivity contribution in [3.05, 3.63) is 47.5 Å². The molecular formula is C17H23N5O2. The summed E-state index contributed by atoms with van der Waals surface area (Å²) >= 11 is 0. The molecule has 0 aliphatic carbocycles. The number of primary amides is 2. The molecule has 4 N–H and O–H groups in total. The maximum Gasteiger partial charge on any atom is 0.227 e. The van der Waals surface area contributed by atoms with Gasteiger partial charge in [0.15, 0.2) is 0 Å². The Morgan fingerprint density at radius 1 is 0.917 bits per heavy atom. The smallest absolute Gasteiger partial charge is 0.227 e. The lowest BCUT2D eigenvalue weighted by atomic mass is 9.77. The average Bonchev–Trinajstić information content (AvgIpc) is 2.99. The first-order chi connectivity index (χ1) is 11.0. The van der Waals surface area contributed by atoms with Crippen LogP contribution in [0.5, 0.6) is 0 Å². The van der Waals surface area contributed by atoms with Gasteiger partial charge >= 0.3 is 0 Å². The summed E-state index contributed by atoms with van der Waals surface area (Å²) in [6.45, 7) is 7.54. The monoisotopic (exact) mass is 329 g/mol. The van der Waals surface area contributed by atoms with Crippen molar-refractivity contribution in [1.82, 2.24) is 14.8 Å². The zero-order chi connectivity index (χ0) is 18.1. The summed E-state index contributed by atoms with van der Waals surface area (Å²) in [5, 5.41) is 7.56. The standard InChI is InChI=1S/C17H23N5O2/c1-16(2,14(18)23)12-5-11(8-22-9-20-21-10-22)6-13(7-12)17(3,4)15(19)24/h5-7,9-10H,8H2,1-4H3,(H2,18,23)(H2,19,24). The van der Waals surface area contributed by atoms with Crippen LogP contribution in [-0.4, -0.2) is 26.6 Å². The van der Waals surface area contributed by atoms with E-state index in [0.29, 0.717) is 6.54 Å². The van der Waals surface area contributed by atoms with Gasteiger partial charge in [0.2, 0.25) is 11.8 Å². The van der Waals surface area contributed by atoms with Crippen LogP contribution in [0.25, 0.3) is 0 Å². The van der Waals surface area contributed by atoms with Crippen LogP contribution in [-0.2, 0) is 27.0 Å². The van der Waals surface area contributed by atoms with Gasteiger partial charge in [0.05, 0.1) is 17.4 Å². The summed E-state index contributed by atoms with van der Waals surface area (Å²) in [6.07, 6.45) is 3.20. The Labute approximate surface area is 141 Å². The van der Waals surface area contributed by atoms with Crippen molar-refractivity contribution in [3.63, 3.8) is 0 Å². The summed E-state index contributed by atoms with van der Waals surface area (Å²) in [7, 11) is 0. The van der Waals surface area contributed by atoms with E-state index >= 15 is 0 Å². The highest BCUT2D eigenvalue weighted by molar-refractivity contribution is 5.87. The van der Waals surface area contributed by atoms with Crippen molar-refractivity contribution < 1.29 is 9.59 Å². The minimum atomic E-state index is -0.869. The molecule has 0 aliphatic rings. The molecule has 0 unspecified atom stereocenters. The predicted octanol–water partition coefficient (Wildman–Crippen LogP) is 0.852. The van der Waals surface area contributed by atoms with Crippen molar-refractivity contribution in [2.24, 2.45) is 11.5 Å². The van der Waals surface area contributed by atoms with E-state index < -0.39 is 22.6 Å². The minimum absolute atomic E-state index is 0.438. The lowest BCUT2D eigenvalue weighted by Gasteiger charge is -2.27. The molecule has 1 heterocycles. The number of carbonyl (C=O) groups excluding carboxylic acids is 2. The molecular weight excluding hydrogens is 306 g/mol. The highest BCUT2D eigenvalue weighted by atomic mass is 16.1. The van der Waals surface area contributed by atoms with Crippen LogP contribution in [0.15, 0.2) is 30.9 Å². The minimum Gasteiger partial charge on any atom is -0.369 e. The molecule has 0 saturated carbocycles. The third kappa shape index (κ3) is 3.29. The van der Waals surface area contributed by atoms with E-state index in [2.05, 4.69) is 10.2 Å². The highest BCUT2D eigenvalue weighted by Crippen LogP contribution is 2.31. The van der Waals surface area contributed by atoms with Crippen LogP contribution >= 0.6 is 0 Å². The number of carbonyl (C=O) groups is 2. The molecule has 7 heteroatoms. The van der Waals surface area contributed by atoms with Gasteiger partial charge in [0, 0.05) is 0 Å². The van der Waals surface area contributed by atoms with Gasteiger partial charge in [-0.1, -0.05) is 18.2 Å². The van der Waals surface area contributed by atoms with Crippen LogP contribution < -0.4 is 11.5 Å². The number of nitrogens with two attached hydrogens (primary N) is 2. The number of aromatic nitrogens is 3. The lowest BCUT2D eigenvalue weighted by molar-refractivity contribution is -0.122. The number of amides is 2. The number of nitrogens with zero attached hydrogens (tertiary/aromatic N) is 3. The molecule has 2 amide bonds. The topological polar surface area (TPSA) is 117 Å². The quantitative estimate of drug-likeness (QED) is 0.817. The Bertz CT molecular complexity index is 719. The molecule has 0 radical (unpaired) electrons. The Hall–Kier alpha value is -2.70. The van der Waals surface area contributed by atoms with E-state index in [4.69, 9.17) is 11.5 Å². The number of hydrogen-bond acceptors (Lipinski definition) is 4. The molecule has 1 aromatic carbocycles. The molecule has 24 heavy (non-hydrogen) atoms. The van der Waals surface area contributed by atoms with Gasteiger partial charge in [0.1, 0.15) is 12.7 Å². The van der Waals surface area contributed by atoms with Crippen molar-refractivity contribution >= 4 is 11.8 Å². The summed E-state index contributed by atoms with van der Waals surface area (Å²) in [6, 6.07) is 5.64. The van der Waals surface area contributed by atoms with E-state index in [1.54, 1.807) is 44.9 Å². The maximum absolute atomic E-state index is 11.9.